The second-order valence-corrected chi connectivity index (χ2v) is 6.84. The van der Waals surface area contributed by atoms with E-state index < -0.39 is 0 Å². The van der Waals surface area contributed by atoms with Crippen molar-refractivity contribution < 1.29 is 9.47 Å². The largest absolute Gasteiger partial charge is 0.495 e. The molecular weight excluding hydrogens is 411 g/mol. The second kappa shape index (κ2) is 8.48. The molecule has 8 heteroatoms. The molecule has 0 atom stereocenters. The van der Waals surface area contributed by atoms with Crippen LogP contribution >= 0.6 is 23.2 Å². The summed E-state index contributed by atoms with van der Waals surface area (Å²) in [6.45, 7) is 1.89. The lowest BCUT2D eigenvalue weighted by atomic mass is 10.1. The number of hydrogen-bond acceptors (Lipinski definition) is 6. The Morgan fingerprint density at radius 1 is 0.897 bits per heavy atom. The number of nitrogens with zero attached hydrogens (tertiary/aromatic N) is 2. The van der Waals surface area contributed by atoms with Crippen molar-refractivity contribution in [2.24, 2.45) is 0 Å². The van der Waals surface area contributed by atoms with Gasteiger partial charge < -0.3 is 20.9 Å². The molecule has 0 fully saturated rings. The third-order valence-corrected chi connectivity index (χ3v) is 5.05. The highest BCUT2D eigenvalue weighted by molar-refractivity contribution is 6.38. The van der Waals surface area contributed by atoms with Crippen LogP contribution in [0.1, 0.15) is 16.7 Å². The van der Waals surface area contributed by atoms with Crippen LogP contribution in [0.25, 0.3) is 11.4 Å². The molecule has 1 aromatic heterocycles. The lowest BCUT2D eigenvalue weighted by Crippen LogP contribution is -2.01. The Morgan fingerprint density at radius 3 is 2.03 bits per heavy atom. The van der Waals surface area contributed by atoms with Gasteiger partial charge in [0.15, 0.2) is 5.82 Å². The molecular formula is C21H18Cl2N4O2. The quantitative estimate of drug-likeness (QED) is 0.475. The summed E-state index contributed by atoms with van der Waals surface area (Å²) in [4.78, 5) is 8.68. The molecule has 4 N–H and O–H groups in total. The predicted octanol–water partition coefficient (Wildman–Crippen LogP) is 4.34. The van der Waals surface area contributed by atoms with Gasteiger partial charge in [0.1, 0.15) is 11.5 Å². The summed E-state index contributed by atoms with van der Waals surface area (Å²) in [6.07, 6.45) is 3.17. The summed E-state index contributed by atoms with van der Waals surface area (Å²) in [5.74, 6) is 7.17. The van der Waals surface area contributed by atoms with Gasteiger partial charge in [-0.3, -0.25) is 0 Å². The first-order valence-electron chi connectivity index (χ1n) is 8.46. The van der Waals surface area contributed by atoms with Gasteiger partial charge >= 0.3 is 0 Å². The Balaban J connectivity index is 1.97. The molecule has 1 heterocycles. The van der Waals surface area contributed by atoms with E-state index in [0.717, 1.165) is 5.56 Å². The number of aromatic nitrogens is 2. The SMILES string of the molecule is COc1cc(OC)c(Cl)c(C#Cc2cnc(-c3ccc(C)c(N)c3N)nc2)c1Cl. The summed E-state index contributed by atoms with van der Waals surface area (Å²) >= 11 is 12.7. The van der Waals surface area contributed by atoms with E-state index in [1.165, 1.54) is 14.2 Å². The minimum absolute atomic E-state index is 0.297. The average Bonchev–Trinajstić information content (AvgIpc) is 2.73. The van der Waals surface area contributed by atoms with Gasteiger partial charge in [0.25, 0.3) is 0 Å². The molecule has 0 aliphatic heterocycles. The topological polar surface area (TPSA) is 96.3 Å². The van der Waals surface area contributed by atoms with Gasteiger partial charge in [-0.05, 0) is 18.6 Å². The van der Waals surface area contributed by atoms with Gasteiger partial charge in [0, 0.05) is 24.0 Å². The zero-order valence-corrected chi connectivity index (χ0v) is 17.5. The summed E-state index contributed by atoms with van der Waals surface area (Å²) in [6, 6.07) is 5.31. The molecule has 148 valence electrons. The first kappa shape index (κ1) is 20.6. The van der Waals surface area contributed by atoms with E-state index in [4.69, 9.17) is 44.1 Å². The maximum atomic E-state index is 6.34. The number of ether oxygens (including phenoxy) is 2. The Bertz CT molecular complexity index is 1110. The lowest BCUT2D eigenvalue weighted by molar-refractivity contribution is 0.394. The Kier molecular flexibility index (Phi) is 6.02. The van der Waals surface area contributed by atoms with E-state index >= 15 is 0 Å². The number of benzene rings is 2. The van der Waals surface area contributed by atoms with E-state index in [1.807, 2.05) is 19.1 Å². The molecule has 0 saturated heterocycles. The first-order chi connectivity index (χ1) is 13.9. The molecule has 0 aliphatic rings. The van der Waals surface area contributed by atoms with Gasteiger partial charge in [0.05, 0.1) is 46.8 Å². The fourth-order valence-corrected chi connectivity index (χ4v) is 3.20. The maximum Gasteiger partial charge on any atom is 0.161 e. The molecule has 0 amide bonds. The van der Waals surface area contributed by atoms with Crippen LogP contribution < -0.4 is 20.9 Å². The summed E-state index contributed by atoms with van der Waals surface area (Å²) in [5, 5.41) is 0.595. The first-order valence-corrected chi connectivity index (χ1v) is 9.21. The molecule has 0 aliphatic carbocycles. The lowest BCUT2D eigenvalue weighted by Gasteiger charge is -2.11. The third-order valence-electron chi connectivity index (χ3n) is 4.30. The predicted molar refractivity (Wildman–Crippen MR) is 117 cm³/mol. The van der Waals surface area contributed by atoms with E-state index in [2.05, 4.69) is 21.8 Å². The highest BCUT2D eigenvalue weighted by atomic mass is 35.5. The molecule has 2 aromatic carbocycles. The number of halogens is 2. The number of methoxy groups -OCH3 is 2. The fourth-order valence-electron chi connectivity index (χ4n) is 2.60. The monoisotopic (exact) mass is 428 g/mol. The Labute approximate surface area is 178 Å². The molecule has 6 nitrogen and oxygen atoms in total. The van der Waals surface area contributed by atoms with Crippen LogP contribution in [-0.4, -0.2) is 24.2 Å². The molecule has 0 unspecified atom stereocenters. The van der Waals surface area contributed by atoms with E-state index in [9.17, 15) is 0 Å². The van der Waals surface area contributed by atoms with Crippen molar-refractivity contribution in [2.45, 2.75) is 6.92 Å². The smallest absolute Gasteiger partial charge is 0.161 e. The number of anilines is 2. The molecule has 0 bridgehead atoms. The number of nitrogens with two attached hydrogens (primary N) is 2. The Hall–Kier alpha value is -3.14. The second-order valence-electron chi connectivity index (χ2n) is 6.09. The van der Waals surface area contributed by atoms with Crippen molar-refractivity contribution in [1.82, 2.24) is 9.97 Å². The molecule has 29 heavy (non-hydrogen) atoms. The van der Waals surface area contributed by atoms with Crippen LogP contribution in [0.3, 0.4) is 0 Å². The van der Waals surface area contributed by atoms with E-state index in [0.29, 0.717) is 55.4 Å². The average molecular weight is 429 g/mol. The van der Waals surface area contributed by atoms with Crippen LogP contribution in [0.2, 0.25) is 10.0 Å². The standard InChI is InChI=1S/C21H18Cl2N4O2/c1-11-4-6-14(20(25)19(11)24)21-26-9-12(10-27-21)5-7-13-17(22)15(28-2)8-16(29-3)18(13)23/h4,6,8-10H,24-25H2,1-3H3. The molecule has 0 spiro atoms. The van der Waals surface area contributed by atoms with Gasteiger partial charge in [-0.1, -0.05) is 41.1 Å². The van der Waals surface area contributed by atoms with Crippen molar-refractivity contribution in [1.29, 1.82) is 0 Å². The molecule has 3 aromatic rings. The maximum absolute atomic E-state index is 6.34. The van der Waals surface area contributed by atoms with Gasteiger partial charge in [-0.15, -0.1) is 0 Å². The summed E-state index contributed by atoms with van der Waals surface area (Å²) in [5.41, 5.74) is 15.6. The number of aryl methyl sites for hydroxylation is 1. The Morgan fingerprint density at radius 2 is 1.48 bits per heavy atom. The zero-order chi connectivity index (χ0) is 21.1. The number of rotatable bonds is 3. The highest BCUT2D eigenvalue weighted by Crippen LogP contribution is 2.39. The number of hydrogen-bond donors (Lipinski definition) is 2. The zero-order valence-electron chi connectivity index (χ0n) is 16.0. The van der Waals surface area contributed by atoms with Gasteiger partial charge in [-0.25, -0.2) is 9.97 Å². The molecule has 3 rings (SSSR count). The fraction of sp³-hybridized carbons (Fsp3) is 0.143. The van der Waals surface area contributed by atoms with Crippen molar-refractivity contribution in [3.05, 3.63) is 57.3 Å². The van der Waals surface area contributed by atoms with Crippen LogP contribution in [0, 0.1) is 18.8 Å². The van der Waals surface area contributed by atoms with Crippen LogP contribution in [0.5, 0.6) is 11.5 Å². The minimum Gasteiger partial charge on any atom is -0.495 e. The van der Waals surface area contributed by atoms with Crippen molar-refractivity contribution in [3.8, 4) is 34.7 Å². The van der Waals surface area contributed by atoms with E-state index in [-0.39, 0.29) is 0 Å². The van der Waals surface area contributed by atoms with Crippen LogP contribution in [0.15, 0.2) is 30.6 Å². The molecule has 0 saturated carbocycles. The van der Waals surface area contributed by atoms with Crippen molar-refractivity contribution >= 4 is 34.6 Å². The summed E-state index contributed by atoms with van der Waals surface area (Å²) in [7, 11) is 3.00. The van der Waals surface area contributed by atoms with Gasteiger partial charge in [-0.2, -0.15) is 0 Å². The minimum atomic E-state index is 0.297. The van der Waals surface area contributed by atoms with Gasteiger partial charge in [0.2, 0.25) is 0 Å². The summed E-state index contributed by atoms with van der Waals surface area (Å²) < 4.78 is 10.5. The van der Waals surface area contributed by atoms with Crippen LogP contribution in [-0.2, 0) is 0 Å². The highest BCUT2D eigenvalue weighted by Gasteiger charge is 2.15. The molecule has 0 radical (unpaired) electrons. The van der Waals surface area contributed by atoms with E-state index in [1.54, 1.807) is 18.5 Å². The van der Waals surface area contributed by atoms with Crippen molar-refractivity contribution in [2.75, 3.05) is 25.7 Å². The third kappa shape index (κ3) is 4.02. The van der Waals surface area contributed by atoms with Crippen molar-refractivity contribution in [3.63, 3.8) is 0 Å². The number of nitrogen functional groups attached to an aromatic ring is 2. The normalized spacial score (nSPS) is 10.2. The van der Waals surface area contributed by atoms with Crippen LogP contribution in [0.4, 0.5) is 11.4 Å².